The summed E-state index contributed by atoms with van der Waals surface area (Å²) in [4.78, 5) is 8.26. The quantitative estimate of drug-likeness (QED) is 0.739. The Morgan fingerprint density at radius 3 is 2.71 bits per heavy atom. The van der Waals surface area contributed by atoms with Crippen molar-refractivity contribution in [1.82, 2.24) is 19.7 Å². The molecule has 0 saturated heterocycles. The van der Waals surface area contributed by atoms with Crippen LogP contribution in [0.3, 0.4) is 0 Å². The Kier molecular flexibility index (Phi) is 2.24. The number of aryl methyl sites for hydroxylation is 1. The molecule has 0 spiro atoms. The minimum Gasteiger partial charge on any atom is -0.326 e. The lowest BCUT2D eigenvalue weighted by Gasteiger charge is -1.96. The van der Waals surface area contributed by atoms with Crippen molar-refractivity contribution in [2.45, 2.75) is 6.54 Å². The van der Waals surface area contributed by atoms with Crippen molar-refractivity contribution in [1.29, 1.82) is 0 Å². The van der Waals surface area contributed by atoms with Crippen molar-refractivity contribution in [3.05, 3.63) is 30.2 Å². The Bertz CT molecular complexity index is 420. The van der Waals surface area contributed by atoms with Crippen molar-refractivity contribution in [2.24, 2.45) is 12.8 Å². The Labute approximate surface area is 81.6 Å². The van der Waals surface area contributed by atoms with Gasteiger partial charge in [-0.1, -0.05) is 0 Å². The molecule has 14 heavy (non-hydrogen) atoms. The first-order chi connectivity index (χ1) is 6.81. The lowest BCUT2D eigenvalue weighted by atomic mass is 10.2. The van der Waals surface area contributed by atoms with E-state index in [1.165, 1.54) is 0 Å². The zero-order valence-electron chi connectivity index (χ0n) is 7.88. The molecule has 0 radical (unpaired) electrons. The molecule has 2 aromatic heterocycles. The van der Waals surface area contributed by atoms with Gasteiger partial charge < -0.3 is 5.73 Å². The van der Waals surface area contributed by atoms with E-state index in [4.69, 9.17) is 5.73 Å². The lowest BCUT2D eigenvalue weighted by Crippen LogP contribution is -1.98. The fraction of sp³-hybridized carbons (Fsp3) is 0.222. The second kappa shape index (κ2) is 3.55. The topological polar surface area (TPSA) is 69.6 Å². The smallest absolute Gasteiger partial charge is 0.180 e. The van der Waals surface area contributed by atoms with Crippen molar-refractivity contribution in [3.8, 4) is 11.5 Å². The van der Waals surface area contributed by atoms with E-state index in [1.807, 2.05) is 13.2 Å². The van der Waals surface area contributed by atoms with E-state index in [-0.39, 0.29) is 0 Å². The van der Waals surface area contributed by atoms with Crippen molar-refractivity contribution < 1.29 is 0 Å². The SMILES string of the molecule is Cn1cc(CN)c(-c2ncccn2)n1. The molecule has 5 nitrogen and oxygen atoms in total. The first kappa shape index (κ1) is 8.83. The highest BCUT2D eigenvalue weighted by atomic mass is 15.3. The van der Waals surface area contributed by atoms with Gasteiger partial charge in [0.05, 0.1) is 0 Å². The first-order valence-corrected chi connectivity index (χ1v) is 4.31. The monoisotopic (exact) mass is 189 g/mol. The van der Waals surface area contributed by atoms with Gasteiger partial charge in [-0.05, 0) is 6.07 Å². The highest BCUT2D eigenvalue weighted by molar-refractivity contribution is 5.53. The Morgan fingerprint density at radius 1 is 1.36 bits per heavy atom. The summed E-state index contributed by atoms with van der Waals surface area (Å²) < 4.78 is 1.72. The van der Waals surface area contributed by atoms with Gasteiger partial charge in [0.15, 0.2) is 5.82 Å². The standard InChI is InChI=1S/C9H11N5/c1-14-6-7(5-10)8(13-14)9-11-3-2-4-12-9/h2-4,6H,5,10H2,1H3. The molecule has 0 aliphatic carbocycles. The van der Waals surface area contributed by atoms with Crippen molar-refractivity contribution >= 4 is 0 Å². The molecule has 0 aliphatic rings. The van der Waals surface area contributed by atoms with E-state index in [9.17, 15) is 0 Å². The highest BCUT2D eigenvalue weighted by Crippen LogP contribution is 2.16. The van der Waals surface area contributed by atoms with Gasteiger partial charge in [-0.3, -0.25) is 4.68 Å². The molecule has 0 saturated carbocycles. The molecule has 0 bridgehead atoms. The fourth-order valence-corrected chi connectivity index (χ4v) is 1.30. The molecule has 0 aromatic carbocycles. The maximum absolute atomic E-state index is 5.59. The first-order valence-electron chi connectivity index (χ1n) is 4.31. The van der Waals surface area contributed by atoms with Crippen LogP contribution < -0.4 is 5.73 Å². The molecule has 2 heterocycles. The molecule has 2 N–H and O–H groups in total. The zero-order valence-corrected chi connectivity index (χ0v) is 7.88. The summed E-state index contributed by atoms with van der Waals surface area (Å²) in [5.41, 5.74) is 7.31. The summed E-state index contributed by atoms with van der Waals surface area (Å²) >= 11 is 0. The summed E-state index contributed by atoms with van der Waals surface area (Å²) in [7, 11) is 1.85. The van der Waals surface area contributed by atoms with Gasteiger partial charge in [0, 0.05) is 37.7 Å². The van der Waals surface area contributed by atoms with E-state index >= 15 is 0 Å². The summed E-state index contributed by atoms with van der Waals surface area (Å²) in [6, 6.07) is 1.77. The van der Waals surface area contributed by atoms with Gasteiger partial charge in [-0.15, -0.1) is 0 Å². The van der Waals surface area contributed by atoms with Gasteiger partial charge in [0.2, 0.25) is 0 Å². The second-order valence-corrected chi connectivity index (χ2v) is 2.95. The third kappa shape index (κ3) is 1.49. The summed E-state index contributed by atoms with van der Waals surface area (Å²) in [5, 5.41) is 4.26. The number of hydrogen-bond acceptors (Lipinski definition) is 4. The van der Waals surface area contributed by atoms with E-state index < -0.39 is 0 Å². The molecule has 0 amide bonds. The van der Waals surface area contributed by atoms with Gasteiger partial charge in [-0.2, -0.15) is 5.10 Å². The van der Waals surface area contributed by atoms with Crippen molar-refractivity contribution in [3.63, 3.8) is 0 Å². The van der Waals surface area contributed by atoms with Crippen LogP contribution in [0.1, 0.15) is 5.56 Å². The summed E-state index contributed by atoms with van der Waals surface area (Å²) in [6.07, 6.45) is 5.26. The lowest BCUT2D eigenvalue weighted by molar-refractivity contribution is 0.767. The van der Waals surface area contributed by atoms with Crippen LogP contribution in [0.2, 0.25) is 0 Å². The van der Waals surface area contributed by atoms with E-state index in [0.717, 1.165) is 11.3 Å². The molecular formula is C9H11N5. The van der Waals surface area contributed by atoms with E-state index in [0.29, 0.717) is 12.4 Å². The Hall–Kier alpha value is -1.75. The van der Waals surface area contributed by atoms with Gasteiger partial charge in [0.25, 0.3) is 0 Å². The number of nitrogens with zero attached hydrogens (tertiary/aromatic N) is 4. The third-order valence-electron chi connectivity index (χ3n) is 1.90. The normalized spacial score (nSPS) is 10.4. The van der Waals surface area contributed by atoms with Crippen LogP contribution in [0, 0.1) is 0 Å². The second-order valence-electron chi connectivity index (χ2n) is 2.95. The van der Waals surface area contributed by atoms with E-state index in [2.05, 4.69) is 15.1 Å². The molecule has 0 fully saturated rings. The predicted molar refractivity (Wildman–Crippen MR) is 52.1 cm³/mol. The third-order valence-corrected chi connectivity index (χ3v) is 1.90. The molecule has 0 aliphatic heterocycles. The molecule has 2 rings (SSSR count). The number of hydrogen-bond donors (Lipinski definition) is 1. The largest absolute Gasteiger partial charge is 0.326 e. The number of rotatable bonds is 2. The Balaban J connectivity index is 2.51. The molecule has 0 atom stereocenters. The maximum atomic E-state index is 5.59. The van der Waals surface area contributed by atoms with Crippen LogP contribution in [0.5, 0.6) is 0 Å². The van der Waals surface area contributed by atoms with Gasteiger partial charge in [0.1, 0.15) is 5.69 Å². The fourth-order valence-electron chi connectivity index (χ4n) is 1.30. The minimum atomic E-state index is 0.446. The predicted octanol–water partition coefficient (Wildman–Crippen LogP) is 0.336. The number of aromatic nitrogens is 4. The Morgan fingerprint density at radius 2 is 2.07 bits per heavy atom. The van der Waals surface area contributed by atoms with Crippen LogP contribution in [0.15, 0.2) is 24.7 Å². The minimum absolute atomic E-state index is 0.446. The molecule has 2 aromatic rings. The maximum Gasteiger partial charge on any atom is 0.180 e. The highest BCUT2D eigenvalue weighted by Gasteiger charge is 2.10. The van der Waals surface area contributed by atoms with Gasteiger partial charge in [-0.25, -0.2) is 9.97 Å². The molecule has 5 heteroatoms. The molecular weight excluding hydrogens is 178 g/mol. The summed E-state index contributed by atoms with van der Waals surface area (Å²) in [6.45, 7) is 0.446. The van der Waals surface area contributed by atoms with Gasteiger partial charge >= 0.3 is 0 Å². The van der Waals surface area contributed by atoms with Crippen LogP contribution in [-0.2, 0) is 13.6 Å². The van der Waals surface area contributed by atoms with Crippen LogP contribution in [0.25, 0.3) is 11.5 Å². The average molecular weight is 189 g/mol. The summed E-state index contributed by atoms with van der Waals surface area (Å²) in [5.74, 6) is 0.619. The van der Waals surface area contributed by atoms with Crippen LogP contribution in [0.4, 0.5) is 0 Å². The number of nitrogens with two attached hydrogens (primary N) is 1. The van der Waals surface area contributed by atoms with Crippen LogP contribution in [-0.4, -0.2) is 19.7 Å². The average Bonchev–Trinajstić information content (AvgIpc) is 2.61. The zero-order chi connectivity index (χ0) is 9.97. The van der Waals surface area contributed by atoms with Crippen molar-refractivity contribution in [2.75, 3.05) is 0 Å². The van der Waals surface area contributed by atoms with Crippen LogP contribution >= 0.6 is 0 Å². The van der Waals surface area contributed by atoms with E-state index in [1.54, 1.807) is 23.1 Å². The molecule has 72 valence electrons. The molecule has 0 unspecified atom stereocenters.